The molecule has 0 saturated carbocycles. The van der Waals surface area contributed by atoms with Crippen molar-refractivity contribution in [3.63, 3.8) is 0 Å². The van der Waals surface area contributed by atoms with E-state index in [0.29, 0.717) is 24.7 Å². The van der Waals surface area contributed by atoms with Gasteiger partial charge in [0.1, 0.15) is 0 Å². The van der Waals surface area contributed by atoms with Crippen LogP contribution in [0.15, 0.2) is 41.8 Å². The van der Waals surface area contributed by atoms with Crippen LogP contribution in [0.5, 0.6) is 11.5 Å². The largest absolute Gasteiger partial charge is 0.493 e. The van der Waals surface area contributed by atoms with Gasteiger partial charge in [-0.25, -0.2) is 4.98 Å². The Morgan fingerprint density at radius 3 is 2.83 bits per heavy atom. The average Bonchev–Trinajstić information content (AvgIpc) is 3.36. The maximum Gasteiger partial charge on any atom is 0.244 e. The summed E-state index contributed by atoms with van der Waals surface area (Å²) in [6, 6.07) is 9.78. The third-order valence-electron chi connectivity index (χ3n) is 4.12. The van der Waals surface area contributed by atoms with Crippen LogP contribution >= 0.6 is 22.7 Å². The van der Waals surface area contributed by atoms with E-state index in [4.69, 9.17) is 9.47 Å². The molecule has 0 aliphatic carbocycles. The molecular formula is C22H24N2O3S2. The number of rotatable bonds is 9. The quantitative estimate of drug-likeness (QED) is 0.490. The predicted octanol–water partition coefficient (Wildman–Crippen LogP) is 4.96. The fourth-order valence-corrected chi connectivity index (χ4v) is 4.39. The molecule has 0 spiro atoms. The first-order valence-electron chi connectivity index (χ1n) is 9.37. The Bertz CT molecular complexity index is 992. The molecule has 7 heteroatoms. The zero-order chi connectivity index (χ0) is 20.6. The minimum atomic E-state index is -0.120. The van der Waals surface area contributed by atoms with Gasteiger partial charge in [-0.3, -0.25) is 4.79 Å². The van der Waals surface area contributed by atoms with Gasteiger partial charge in [0.25, 0.3) is 0 Å². The standard InChI is InChI=1S/C22H24N2O3S2/c1-4-27-20-13-16(5-8-19(20)26-3)6-10-22(25)23-12-11-17-7-9-21(29-17)18-14-28-15(2)24-18/h5-10,13-14H,4,11-12H2,1-3H3,(H,23,25)/b10-6+. The Labute approximate surface area is 179 Å². The lowest BCUT2D eigenvalue weighted by molar-refractivity contribution is -0.116. The Hall–Kier alpha value is -2.64. The highest BCUT2D eigenvalue weighted by molar-refractivity contribution is 7.16. The molecule has 1 amide bonds. The summed E-state index contributed by atoms with van der Waals surface area (Å²) in [5.41, 5.74) is 1.91. The summed E-state index contributed by atoms with van der Waals surface area (Å²) < 4.78 is 10.8. The molecule has 3 rings (SSSR count). The normalized spacial score (nSPS) is 11.0. The number of amides is 1. The number of hydrogen-bond donors (Lipinski definition) is 1. The van der Waals surface area contributed by atoms with Gasteiger partial charge >= 0.3 is 0 Å². The molecule has 2 heterocycles. The molecule has 2 aromatic heterocycles. The zero-order valence-electron chi connectivity index (χ0n) is 16.7. The maximum atomic E-state index is 12.1. The van der Waals surface area contributed by atoms with Crippen LogP contribution in [0.25, 0.3) is 16.6 Å². The molecule has 0 unspecified atom stereocenters. The Balaban J connectivity index is 1.50. The summed E-state index contributed by atoms with van der Waals surface area (Å²) in [7, 11) is 1.61. The number of carbonyl (C=O) groups is 1. The number of benzene rings is 1. The molecule has 0 atom stereocenters. The summed E-state index contributed by atoms with van der Waals surface area (Å²) in [6.45, 7) is 5.07. The van der Waals surface area contributed by atoms with E-state index >= 15 is 0 Å². The number of hydrogen-bond acceptors (Lipinski definition) is 6. The topological polar surface area (TPSA) is 60.5 Å². The van der Waals surface area contributed by atoms with E-state index < -0.39 is 0 Å². The molecule has 152 valence electrons. The van der Waals surface area contributed by atoms with Crippen molar-refractivity contribution in [3.05, 3.63) is 57.2 Å². The predicted molar refractivity (Wildman–Crippen MR) is 120 cm³/mol. The fraction of sp³-hybridized carbons (Fsp3) is 0.273. The van der Waals surface area contributed by atoms with Crippen molar-refractivity contribution in [2.45, 2.75) is 20.3 Å². The highest BCUT2D eigenvalue weighted by Gasteiger charge is 2.07. The Kier molecular flexibility index (Phi) is 7.43. The van der Waals surface area contributed by atoms with Crippen molar-refractivity contribution in [2.75, 3.05) is 20.3 Å². The molecule has 1 N–H and O–H groups in total. The van der Waals surface area contributed by atoms with Crippen molar-refractivity contribution in [1.29, 1.82) is 0 Å². The number of nitrogens with one attached hydrogen (secondary N) is 1. The summed E-state index contributed by atoms with van der Waals surface area (Å²) >= 11 is 3.38. The van der Waals surface area contributed by atoms with E-state index in [2.05, 4.69) is 27.8 Å². The molecule has 0 bridgehead atoms. The van der Waals surface area contributed by atoms with Crippen LogP contribution in [0.3, 0.4) is 0 Å². The maximum absolute atomic E-state index is 12.1. The lowest BCUT2D eigenvalue weighted by Crippen LogP contribution is -2.23. The van der Waals surface area contributed by atoms with Crippen molar-refractivity contribution in [3.8, 4) is 22.1 Å². The number of aromatic nitrogens is 1. The molecule has 5 nitrogen and oxygen atoms in total. The molecule has 0 radical (unpaired) electrons. The lowest BCUT2D eigenvalue weighted by atomic mass is 10.2. The minimum absolute atomic E-state index is 0.120. The van der Waals surface area contributed by atoms with E-state index in [0.717, 1.165) is 22.7 Å². The molecule has 0 saturated heterocycles. The summed E-state index contributed by atoms with van der Waals surface area (Å²) in [6.07, 6.45) is 4.10. The van der Waals surface area contributed by atoms with Crippen LogP contribution in [0.4, 0.5) is 0 Å². The van der Waals surface area contributed by atoms with Gasteiger partial charge in [0.05, 0.1) is 29.3 Å². The Morgan fingerprint density at radius 2 is 2.10 bits per heavy atom. The van der Waals surface area contributed by atoms with Crippen molar-refractivity contribution in [1.82, 2.24) is 10.3 Å². The van der Waals surface area contributed by atoms with Crippen LogP contribution in [0, 0.1) is 6.92 Å². The first-order valence-corrected chi connectivity index (χ1v) is 11.1. The summed E-state index contributed by atoms with van der Waals surface area (Å²) in [5, 5.41) is 6.07. The number of thiophene rings is 1. The van der Waals surface area contributed by atoms with Gasteiger partial charge in [0.2, 0.25) is 5.91 Å². The lowest BCUT2D eigenvalue weighted by Gasteiger charge is -2.09. The first-order chi connectivity index (χ1) is 14.1. The van der Waals surface area contributed by atoms with Gasteiger partial charge in [-0.15, -0.1) is 22.7 Å². The number of nitrogens with zero attached hydrogens (tertiary/aromatic N) is 1. The number of aryl methyl sites for hydroxylation is 1. The molecule has 3 aromatic rings. The van der Waals surface area contributed by atoms with E-state index in [1.807, 2.05) is 32.0 Å². The summed E-state index contributed by atoms with van der Waals surface area (Å²) in [5.74, 6) is 1.23. The number of carbonyl (C=O) groups excluding carboxylic acids is 1. The monoisotopic (exact) mass is 428 g/mol. The van der Waals surface area contributed by atoms with Crippen LogP contribution in [-0.2, 0) is 11.2 Å². The molecule has 0 aliphatic rings. The minimum Gasteiger partial charge on any atom is -0.493 e. The second-order valence-electron chi connectivity index (χ2n) is 6.24. The zero-order valence-corrected chi connectivity index (χ0v) is 18.4. The highest BCUT2D eigenvalue weighted by Crippen LogP contribution is 2.29. The molecule has 0 aliphatic heterocycles. The van der Waals surface area contributed by atoms with Crippen molar-refractivity contribution in [2.24, 2.45) is 0 Å². The fourth-order valence-electron chi connectivity index (χ4n) is 2.73. The number of methoxy groups -OCH3 is 1. The van der Waals surface area contributed by atoms with Gasteiger partial charge in [-0.1, -0.05) is 6.07 Å². The third kappa shape index (κ3) is 5.92. The van der Waals surface area contributed by atoms with Crippen molar-refractivity contribution < 1.29 is 14.3 Å². The molecule has 1 aromatic carbocycles. The van der Waals surface area contributed by atoms with Crippen LogP contribution < -0.4 is 14.8 Å². The van der Waals surface area contributed by atoms with Crippen LogP contribution in [-0.4, -0.2) is 31.2 Å². The number of ether oxygens (including phenoxy) is 2. The van der Waals surface area contributed by atoms with Gasteiger partial charge in [-0.05, 0) is 56.2 Å². The number of thiazole rings is 1. The van der Waals surface area contributed by atoms with Crippen LogP contribution in [0.1, 0.15) is 22.4 Å². The third-order valence-corrected chi connectivity index (χ3v) is 6.06. The smallest absolute Gasteiger partial charge is 0.244 e. The second-order valence-corrected chi connectivity index (χ2v) is 8.47. The Morgan fingerprint density at radius 1 is 1.24 bits per heavy atom. The van der Waals surface area contributed by atoms with Gasteiger partial charge in [0.15, 0.2) is 11.5 Å². The molecular weight excluding hydrogens is 404 g/mol. The first kappa shape index (κ1) is 21.1. The highest BCUT2D eigenvalue weighted by atomic mass is 32.1. The van der Waals surface area contributed by atoms with E-state index in [1.54, 1.807) is 35.9 Å². The summed E-state index contributed by atoms with van der Waals surface area (Å²) in [4.78, 5) is 19.0. The SMILES string of the molecule is CCOc1cc(/C=C/C(=O)NCCc2ccc(-c3csc(C)n3)s2)ccc1OC. The van der Waals surface area contributed by atoms with E-state index in [-0.39, 0.29) is 5.91 Å². The van der Waals surface area contributed by atoms with E-state index in [1.165, 1.54) is 15.8 Å². The van der Waals surface area contributed by atoms with Gasteiger partial charge < -0.3 is 14.8 Å². The second kappa shape index (κ2) is 10.2. The molecule has 0 fully saturated rings. The van der Waals surface area contributed by atoms with Gasteiger partial charge in [0, 0.05) is 22.9 Å². The van der Waals surface area contributed by atoms with Gasteiger partial charge in [-0.2, -0.15) is 0 Å². The van der Waals surface area contributed by atoms with Crippen molar-refractivity contribution >= 4 is 34.7 Å². The van der Waals surface area contributed by atoms with Crippen LogP contribution in [0.2, 0.25) is 0 Å². The van der Waals surface area contributed by atoms with E-state index in [9.17, 15) is 4.79 Å². The molecule has 29 heavy (non-hydrogen) atoms. The average molecular weight is 429 g/mol.